The van der Waals surface area contributed by atoms with E-state index in [0.717, 1.165) is 28.4 Å². The van der Waals surface area contributed by atoms with Crippen LogP contribution < -0.4 is 10.2 Å². The van der Waals surface area contributed by atoms with E-state index in [0.29, 0.717) is 6.54 Å². The Hall–Kier alpha value is -2.57. The number of aromatic nitrogens is 5. The van der Waals surface area contributed by atoms with Crippen molar-refractivity contribution < 1.29 is 0 Å². The number of aromatic amines is 1. The molecule has 3 rings (SSSR count). The van der Waals surface area contributed by atoms with Crippen molar-refractivity contribution in [2.75, 3.05) is 24.3 Å². The van der Waals surface area contributed by atoms with Crippen LogP contribution >= 0.6 is 0 Å². The van der Waals surface area contributed by atoms with Crippen LogP contribution in [0.15, 0.2) is 24.4 Å². The molecule has 0 saturated heterocycles. The number of nitrogens with zero attached hydrogens (tertiary/aromatic N) is 5. The van der Waals surface area contributed by atoms with Crippen molar-refractivity contribution in [3.8, 4) is 0 Å². The van der Waals surface area contributed by atoms with E-state index in [1.54, 1.807) is 10.9 Å². The smallest absolute Gasteiger partial charge is 0.203 e. The molecule has 7 nitrogen and oxygen atoms in total. The largest absolute Gasteiger partial charge is 0.379 e. The van der Waals surface area contributed by atoms with Crippen LogP contribution in [0.3, 0.4) is 0 Å². The Morgan fingerprint density at radius 3 is 2.90 bits per heavy atom. The highest BCUT2D eigenvalue weighted by atomic mass is 15.4. The summed E-state index contributed by atoms with van der Waals surface area (Å²) < 4.78 is 1.76. The van der Waals surface area contributed by atoms with E-state index in [-0.39, 0.29) is 0 Å². The standard InChI is InChI=1S/C13H17N7/c1-19(2)13-16-11-5-4-9(6-12(11)17-13)14-7-10-8-15-18-20(10)3/h4-6,8,14H,7H2,1-3H3,(H,16,17). The van der Waals surface area contributed by atoms with Crippen molar-refractivity contribution in [3.63, 3.8) is 0 Å². The predicted molar refractivity (Wildman–Crippen MR) is 78.8 cm³/mol. The molecule has 0 fully saturated rings. The number of aryl methyl sites for hydroxylation is 1. The average molecular weight is 271 g/mol. The summed E-state index contributed by atoms with van der Waals surface area (Å²) in [5.74, 6) is 0.855. The van der Waals surface area contributed by atoms with Crippen LogP contribution in [0.2, 0.25) is 0 Å². The number of imidazole rings is 1. The van der Waals surface area contributed by atoms with Crippen LogP contribution in [0.4, 0.5) is 11.6 Å². The molecule has 0 spiro atoms. The van der Waals surface area contributed by atoms with E-state index in [2.05, 4.69) is 31.7 Å². The molecule has 0 aliphatic rings. The van der Waals surface area contributed by atoms with Crippen molar-refractivity contribution in [2.45, 2.75) is 6.54 Å². The molecule has 1 aromatic carbocycles. The molecule has 0 atom stereocenters. The second kappa shape index (κ2) is 4.84. The molecule has 7 heteroatoms. The second-order valence-corrected chi connectivity index (χ2v) is 4.89. The summed E-state index contributed by atoms with van der Waals surface area (Å²) in [5, 5.41) is 11.1. The molecule has 104 valence electrons. The Morgan fingerprint density at radius 1 is 1.35 bits per heavy atom. The number of nitrogens with one attached hydrogen (secondary N) is 2. The van der Waals surface area contributed by atoms with Crippen molar-refractivity contribution >= 4 is 22.7 Å². The van der Waals surface area contributed by atoms with Gasteiger partial charge in [0.05, 0.1) is 29.5 Å². The summed E-state index contributed by atoms with van der Waals surface area (Å²) in [4.78, 5) is 9.73. The molecule has 2 heterocycles. The van der Waals surface area contributed by atoms with Gasteiger partial charge in [-0.05, 0) is 18.2 Å². The van der Waals surface area contributed by atoms with Gasteiger partial charge in [-0.15, -0.1) is 5.10 Å². The van der Waals surface area contributed by atoms with Gasteiger partial charge in [0.25, 0.3) is 0 Å². The van der Waals surface area contributed by atoms with Gasteiger partial charge >= 0.3 is 0 Å². The van der Waals surface area contributed by atoms with Gasteiger partial charge < -0.3 is 15.2 Å². The molecule has 3 aromatic rings. The average Bonchev–Trinajstić information content (AvgIpc) is 3.01. The minimum Gasteiger partial charge on any atom is -0.379 e. The fraction of sp³-hybridized carbons (Fsp3) is 0.308. The lowest BCUT2D eigenvalue weighted by Gasteiger charge is -2.06. The van der Waals surface area contributed by atoms with E-state index in [1.807, 2.05) is 38.2 Å². The van der Waals surface area contributed by atoms with E-state index < -0.39 is 0 Å². The number of hydrogen-bond acceptors (Lipinski definition) is 5. The van der Waals surface area contributed by atoms with E-state index in [1.165, 1.54) is 0 Å². The topological polar surface area (TPSA) is 74.7 Å². The first-order valence-corrected chi connectivity index (χ1v) is 6.38. The molecule has 20 heavy (non-hydrogen) atoms. The van der Waals surface area contributed by atoms with Crippen molar-refractivity contribution in [1.82, 2.24) is 25.0 Å². The molecule has 0 saturated carbocycles. The number of benzene rings is 1. The molecule has 0 radical (unpaired) electrons. The molecular weight excluding hydrogens is 254 g/mol. The Balaban J connectivity index is 1.80. The fourth-order valence-corrected chi connectivity index (χ4v) is 1.98. The number of fused-ring (bicyclic) bond motifs is 1. The summed E-state index contributed by atoms with van der Waals surface area (Å²) in [7, 11) is 5.81. The minimum absolute atomic E-state index is 0.684. The highest BCUT2D eigenvalue weighted by Gasteiger charge is 2.05. The quantitative estimate of drug-likeness (QED) is 0.749. The first-order chi connectivity index (χ1) is 9.63. The van der Waals surface area contributed by atoms with E-state index in [9.17, 15) is 0 Å². The summed E-state index contributed by atoms with van der Waals surface area (Å²) in [6.07, 6.45) is 1.76. The zero-order valence-corrected chi connectivity index (χ0v) is 11.8. The molecular formula is C13H17N7. The molecule has 0 unspecified atom stereocenters. The van der Waals surface area contributed by atoms with Crippen molar-refractivity contribution in [3.05, 3.63) is 30.1 Å². The van der Waals surface area contributed by atoms with Gasteiger partial charge in [-0.1, -0.05) is 5.21 Å². The Kier molecular flexibility index (Phi) is 3.02. The lowest BCUT2D eigenvalue weighted by Crippen LogP contribution is -2.09. The summed E-state index contributed by atoms with van der Waals surface area (Å²) in [5.41, 5.74) is 4.04. The van der Waals surface area contributed by atoms with Crippen LogP contribution in [0.25, 0.3) is 11.0 Å². The van der Waals surface area contributed by atoms with Crippen LogP contribution in [0.5, 0.6) is 0 Å². The lowest BCUT2D eigenvalue weighted by atomic mass is 10.2. The normalized spacial score (nSPS) is 10.9. The molecule has 2 aromatic heterocycles. The molecule has 0 aliphatic carbocycles. The molecule has 0 aliphatic heterocycles. The minimum atomic E-state index is 0.684. The van der Waals surface area contributed by atoms with Gasteiger partial charge in [0.2, 0.25) is 5.95 Å². The van der Waals surface area contributed by atoms with E-state index in [4.69, 9.17) is 0 Å². The summed E-state index contributed by atoms with van der Waals surface area (Å²) in [6, 6.07) is 6.08. The first kappa shape index (κ1) is 12.5. The number of anilines is 2. The zero-order chi connectivity index (χ0) is 14.1. The van der Waals surface area contributed by atoms with Gasteiger partial charge in [0, 0.05) is 26.8 Å². The van der Waals surface area contributed by atoms with E-state index >= 15 is 0 Å². The van der Waals surface area contributed by atoms with Crippen LogP contribution in [-0.4, -0.2) is 39.1 Å². The Morgan fingerprint density at radius 2 is 2.20 bits per heavy atom. The zero-order valence-electron chi connectivity index (χ0n) is 11.8. The Bertz CT molecular complexity index is 725. The van der Waals surface area contributed by atoms with Crippen molar-refractivity contribution in [2.24, 2.45) is 7.05 Å². The number of H-pyrrole nitrogens is 1. The maximum absolute atomic E-state index is 4.50. The highest BCUT2D eigenvalue weighted by Crippen LogP contribution is 2.20. The fourth-order valence-electron chi connectivity index (χ4n) is 1.98. The molecule has 2 N–H and O–H groups in total. The maximum atomic E-state index is 4.50. The van der Waals surface area contributed by atoms with Gasteiger partial charge in [0.15, 0.2) is 0 Å². The summed E-state index contributed by atoms with van der Waals surface area (Å²) in [6.45, 7) is 0.684. The molecule has 0 bridgehead atoms. The SMILES string of the molecule is CN(C)c1nc2ccc(NCc3cnnn3C)cc2[nH]1. The summed E-state index contributed by atoms with van der Waals surface area (Å²) >= 11 is 0. The maximum Gasteiger partial charge on any atom is 0.203 e. The third-order valence-corrected chi connectivity index (χ3v) is 3.17. The van der Waals surface area contributed by atoms with Crippen molar-refractivity contribution in [1.29, 1.82) is 0 Å². The molecule has 0 amide bonds. The van der Waals surface area contributed by atoms with Gasteiger partial charge in [-0.25, -0.2) is 4.98 Å². The van der Waals surface area contributed by atoms with Crippen LogP contribution in [0, 0.1) is 0 Å². The monoisotopic (exact) mass is 271 g/mol. The third-order valence-electron chi connectivity index (χ3n) is 3.17. The third kappa shape index (κ3) is 2.29. The van der Waals surface area contributed by atoms with Crippen LogP contribution in [-0.2, 0) is 13.6 Å². The lowest BCUT2D eigenvalue weighted by molar-refractivity contribution is 0.683. The highest BCUT2D eigenvalue weighted by molar-refractivity contribution is 5.81. The number of hydrogen-bond donors (Lipinski definition) is 2. The van der Waals surface area contributed by atoms with Crippen LogP contribution in [0.1, 0.15) is 5.69 Å². The second-order valence-electron chi connectivity index (χ2n) is 4.89. The number of rotatable bonds is 4. The van der Waals surface area contributed by atoms with Gasteiger partial charge in [-0.3, -0.25) is 4.68 Å². The van der Waals surface area contributed by atoms with Gasteiger partial charge in [0.1, 0.15) is 0 Å². The van der Waals surface area contributed by atoms with Gasteiger partial charge in [-0.2, -0.15) is 0 Å². The Labute approximate surface area is 116 Å². The predicted octanol–water partition coefficient (Wildman–Crippen LogP) is 1.37. The first-order valence-electron chi connectivity index (χ1n) is 6.38.